The van der Waals surface area contributed by atoms with Crippen molar-refractivity contribution in [3.05, 3.63) is 29.0 Å². The fraction of sp³-hybridized carbons (Fsp3) is 0.200. The summed E-state index contributed by atoms with van der Waals surface area (Å²) >= 11 is 3.12. The van der Waals surface area contributed by atoms with Crippen LogP contribution in [0.1, 0.15) is 5.89 Å². The molecule has 0 saturated carbocycles. The van der Waals surface area contributed by atoms with Crippen LogP contribution in [0.3, 0.4) is 0 Å². The molecule has 0 radical (unpaired) electrons. The van der Waals surface area contributed by atoms with E-state index in [9.17, 15) is 0 Å². The number of thioether (sulfide) groups is 1. The molecule has 8 heteroatoms. The summed E-state index contributed by atoms with van der Waals surface area (Å²) in [5.41, 5.74) is 0.985. The molecule has 0 unspecified atom stereocenters. The van der Waals surface area contributed by atoms with Crippen molar-refractivity contribution >= 4 is 23.1 Å². The molecule has 0 spiro atoms. The monoisotopic (exact) mass is 279 g/mol. The minimum absolute atomic E-state index is 0.587. The number of thiophene rings is 1. The van der Waals surface area contributed by atoms with E-state index in [0.717, 1.165) is 10.7 Å². The number of rotatable bonds is 4. The largest absolute Gasteiger partial charge is 0.338 e. The highest BCUT2D eigenvalue weighted by atomic mass is 32.2. The Kier molecular flexibility index (Phi) is 3.11. The molecule has 92 valence electrons. The molecule has 0 amide bonds. The average Bonchev–Trinajstić information content (AvgIpc) is 3.08. The molecule has 6 nitrogen and oxygen atoms in total. The number of hydrogen-bond donors (Lipinski definition) is 0. The third-order valence-corrected chi connectivity index (χ3v) is 3.94. The van der Waals surface area contributed by atoms with Crippen molar-refractivity contribution in [2.45, 2.75) is 10.9 Å². The molecule has 0 atom stereocenters. The first kappa shape index (κ1) is 11.4. The summed E-state index contributed by atoms with van der Waals surface area (Å²) in [6, 6.07) is 1.97. The van der Waals surface area contributed by atoms with Gasteiger partial charge in [0.25, 0.3) is 0 Å². The fourth-order valence-corrected chi connectivity index (χ4v) is 2.71. The molecule has 3 aromatic heterocycles. The maximum atomic E-state index is 5.19. The zero-order valence-electron chi connectivity index (χ0n) is 9.48. The van der Waals surface area contributed by atoms with Gasteiger partial charge < -0.3 is 9.09 Å². The summed E-state index contributed by atoms with van der Waals surface area (Å²) in [6.45, 7) is 0. The van der Waals surface area contributed by atoms with Crippen molar-refractivity contribution in [1.82, 2.24) is 24.9 Å². The zero-order valence-corrected chi connectivity index (χ0v) is 11.1. The highest BCUT2D eigenvalue weighted by molar-refractivity contribution is 7.98. The average molecular weight is 279 g/mol. The maximum absolute atomic E-state index is 5.19. The van der Waals surface area contributed by atoms with E-state index in [1.54, 1.807) is 17.7 Å². The third kappa shape index (κ3) is 2.29. The van der Waals surface area contributed by atoms with Crippen LogP contribution in [0.15, 0.2) is 32.8 Å². The summed E-state index contributed by atoms with van der Waals surface area (Å²) in [7, 11) is 1.90. The molecule has 0 aliphatic rings. The second-order valence-corrected chi connectivity index (χ2v) is 5.26. The molecule has 18 heavy (non-hydrogen) atoms. The maximum Gasteiger partial charge on any atom is 0.237 e. The standard InChI is InChI=1S/C10H9N5OS2/c1-15-6-11-13-10(15)18-5-8-12-9(14-16-8)7-2-3-17-4-7/h2-4,6H,5H2,1H3. The Morgan fingerprint density at radius 3 is 3.17 bits per heavy atom. The summed E-state index contributed by atoms with van der Waals surface area (Å²) in [4.78, 5) is 4.33. The molecule has 0 fully saturated rings. The van der Waals surface area contributed by atoms with E-state index in [-0.39, 0.29) is 0 Å². The Balaban J connectivity index is 1.69. The van der Waals surface area contributed by atoms with Crippen LogP contribution in [0.4, 0.5) is 0 Å². The summed E-state index contributed by atoms with van der Waals surface area (Å²) < 4.78 is 7.04. The molecule has 0 aliphatic carbocycles. The van der Waals surface area contributed by atoms with Crippen LogP contribution in [0, 0.1) is 0 Å². The van der Waals surface area contributed by atoms with Gasteiger partial charge in [0.1, 0.15) is 6.33 Å². The van der Waals surface area contributed by atoms with E-state index in [2.05, 4.69) is 20.3 Å². The van der Waals surface area contributed by atoms with Crippen LogP contribution >= 0.6 is 23.1 Å². The van der Waals surface area contributed by atoms with Crippen molar-refractivity contribution in [3.63, 3.8) is 0 Å². The molecule has 0 N–H and O–H groups in total. The van der Waals surface area contributed by atoms with Gasteiger partial charge in [-0.15, -0.1) is 10.2 Å². The van der Waals surface area contributed by atoms with Gasteiger partial charge in [-0.1, -0.05) is 16.9 Å². The lowest BCUT2D eigenvalue weighted by atomic mass is 10.3. The van der Waals surface area contributed by atoms with Gasteiger partial charge >= 0.3 is 0 Å². The van der Waals surface area contributed by atoms with Crippen LogP contribution in [-0.4, -0.2) is 24.9 Å². The van der Waals surface area contributed by atoms with Crippen molar-refractivity contribution in [2.75, 3.05) is 0 Å². The van der Waals surface area contributed by atoms with E-state index < -0.39 is 0 Å². The van der Waals surface area contributed by atoms with Gasteiger partial charge in [-0.3, -0.25) is 0 Å². The second kappa shape index (κ2) is 4.91. The van der Waals surface area contributed by atoms with Gasteiger partial charge in [-0.05, 0) is 11.4 Å². The smallest absolute Gasteiger partial charge is 0.237 e. The van der Waals surface area contributed by atoms with Gasteiger partial charge in [-0.2, -0.15) is 16.3 Å². The van der Waals surface area contributed by atoms with E-state index in [4.69, 9.17) is 4.52 Å². The predicted octanol–water partition coefficient (Wildman–Crippen LogP) is 2.22. The van der Waals surface area contributed by atoms with Crippen molar-refractivity contribution in [3.8, 4) is 11.4 Å². The number of hydrogen-bond acceptors (Lipinski definition) is 7. The minimum Gasteiger partial charge on any atom is -0.338 e. The molecule has 3 aromatic rings. The van der Waals surface area contributed by atoms with Gasteiger partial charge in [0.2, 0.25) is 11.7 Å². The van der Waals surface area contributed by atoms with Gasteiger partial charge in [0.15, 0.2) is 5.16 Å². The lowest BCUT2D eigenvalue weighted by molar-refractivity contribution is 0.391. The lowest BCUT2D eigenvalue weighted by Crippen LogP contribution is -1.89. The van der Waals surface area contributed by atoms with Crippen LogP contribution in [0.2, 0.25) is 0 Å². The molecule has 0 aromatic carbocycles. The van der Waals surface area contributed by atoms with Crippen LogP contribution < -0.4 is 0 Å². The van der Waals surface area contributed by atoms with Crippen molar-refractivity contribution in [2.24, 2.45) is 7.05 Å². The first-order chi connectivity index (χ1) is 8.83. The number of aryl methyl sites for hydroxylation is 1. The Bertz CT molecular complexity index is 630. The quantitative estimate of drug-likeness (QED) is 0.682. The van der Waals surface area contributed by atoms with Gasteiger partial charge in [-0.25, -0.2) is 0 Å². The highest BCUT2D eigenvalue weighted by Gasteiger charge is 2.10. The Hall–Kier alpha value is -1.67. The molecule has 3 rings (SSSR count). The zero-order chi connectivity index (χ0) is 12.4. The van der Waals surface area contributed by atoms with Crippen molar-refractivity contribution in [1.29, 1.82) is 0 Å². The Labute approximate surface area is 111 Å². The van der Waals surface area contributed by atoms with Crippen molar-refractivity contribution < 1.29 is 4.52 Å². The van der Waals surface area contributed by atoms with Crippen LogP contribution in [0.25, 0.3) is 11.4 Å². The Morgan fingerprint density at radius 2 is 2.44 bits per heavy atom. The van der Waals surface area contributed by atoms with Crippen LogP contribution in [-0.2, 0) is 12.8 Å². The fourth-order valence-electron chi connectivity index (χ4n) is 1.35. The molecular weight excluding hydrogens is 270 g/mol. The van der Waals surface area contributed by atoms with E-state index in [0.29, 0.717) is 17.5 Å². The summed E-state index contributed by atoms with van der Waals surface area (Å²) in [5.74, 6) is 1.80. The predicted molar refractivity (Wildman–Crippen MR) is 68.2 cm³/mol. The SMILES string of the molecule is Cn1cnnc1SCc1nc(-c2ccsc2)no1. The van der Waals surface area contributed by atoms with Gasteiger partial charge in [0, 0.05) is 18.0 Å². The van der Waals surface area contributed by atoms with Crippen LogP contribution in [0.5, 0.6) is 0 Å². The molecular formula is C10H9N5OS2. The molecule has 0 aliphatic heterocycles. The van der Waals surface area contributed by atoms with E-state index >= 15 is 0 Å². The highest BCUT2D eigenvalue weighted by Crippen LogP contribution is 2.22. The minimum atomic E-state index is 0.587. The first-order valence-corrected chi connectivity index (χ1v) is 7.08. The topological polar surface area (TPSA) is 69.6 Å². The van der Waals surface area contributed by atoms with E-state index in [1.165, 1.54) is 11.8 Å². The number of nitrogens with zero attached hydrogens (tertiary/aromatic N) is 5. The van der Waals surface area contributed by atoms with Gasteiger partial charge in [0.05, 0.1) is 5.75 Å². The lowest BCUT2D eigenvalue weighted by Gasteiger charge is -1.95. The van der Waals surface area contributed by atoms with E-state index in [1.807, 2.05) is 28.4 Å². The summed E-state index contributed by atoms with van der Waals surface area (Å²) in [6.07, 6.45) is 1.66. The second-order valence-electron chi connectivity index (χ2n) is 3.54. The molecule has 0 saturated heterocycles. The first-order valence-electron chi connectivity index (χ1n) is 5.15. The number of aromatic nitrogens is 5. The third-order valence-electron chi connectivity index (χ3n) is 2.24. The Morgan fingerprint density at radius 1 is 1.50 bits per heavy atom. The molecule has 3 heterocycles. The summed E-state index contributed by atoms with van der Waals surface area (Å²) in [5, 5.41) is 16.5. The normalized spacial score (nSPS) is 10.9. The molecule has 0 bridgehead atoms.